The fourth-order valence-electron chi connectivity index (χ4n) is 4.22. The Morgan fingerprint density at radius 3 is 2.09 bits per heavy atom. The molecule has 2 aromatic carbocycles. The fourth-order valence-corrected chi connectivity index (χ4v) is 6.32. The molecule has 178 valence electrons. The van der Waals surface area contributed by atoms with Crippen molar-refractivity contribution in [2.24, 2.45) is 0 Å². The van der Waals surface area contributed by atoms with Crippen molar-refractivity contribution in [1.29, 1.82) is 0 Å². The van der Waals surface area contributed by atoms with E-state index in [9.17, 15) is 21.6 Å². The standard InChI is InChI=1S/C23H28N2O6S2/c1-32(27,28)21-10-7-20(8-11-21)31-17-23(26)24-12-14-25(15-13-24)33(29,30)22-9-6-18-4-2-3-5-19(18)16-22/h6-11,16H,2-5,12-15,17H2,1H3. The summed E-state index contributed by atoms with van der Waals surface area (Å²) in [6.07, 6.45) is 5.27. The second kappa shape index (κ2) is 9.44. The smallest absolute Gasteiger partial charge is 0.260 e. The molecule has 1 saturated heterocycles. The van der Waals surface area contributed by atoms with Crippen LogP contribution in [0.3, 0.4) is 0 Å². The van der Waals surface area contributed by atoms with E-state index in [0.29, 0.717) is 23.7 Å². The van der Waals surface area contributed by atoms with Crippen molar-refractivity contribution >= 4 is 25.8 Å². The topological polar surface area (TPSA) is 101 Å². The highest BCUT2D eigenvalue weighted by Gasteiger charge is 2.30. The average molecular weight is 493 g/mol. The number of sulfonamides is 1. The minimum Gasteiger partial charge on any atom is -0.484 e. The molecular formula is C23H28N2O6S2. The zero-order chi connectivity index (χ0) is 23.6. The molecule has 2 aromatic rings. The number of ether oxygens (including phenoxy) is 1. The summed E-state index contributed by atoms with van der Waals surface area (Å²) in [5, 5.41) is 0. The SMILES string of the molecule is CS(=O)(=O)c1ccc(OCC(=O)N2CCN(S(=O)(=O)c3ccc4c(c3)CCCC4)CC2)cc1. The lowest BCUT2D eigenvalue weighted by Gasteiger charge is -2.34. The Labute approximate surface area is 195 Å². The first-order valence-corrected chi connectivity index (χ1v) is 14.3. The van der Waals surface area contributed by atoms with E-state index in [4.69, 9.17) is 4.74 Å². The van der Waals surface area contributed by atoms with Crippen LogP contribution in [0.5, 0.6) is 5.75 Å². The van der Waals surface area contributed by atoms with Gasteiger partial charge in [-0.1, -0.05) is 6.07 Å². The van der Waals surface area contributed by atoms with E-state index in [-0.39, 0.29) is 30.5 Å². The lowest BCUT2D eigenvalue weighted by Crippen LogP contribution is -2.51. The lowest BCUT2D eigenvalue weighted by atomic mass is 9.92. The van der Waals surface area contributed by atoms with Gasteiger partial charge in [-0.15, -0.1) is 0 Å². The summed E-state index contributed by atoms with van der Waals surface area (Å²) < 4.78 is 56.2. The molecule has 1 aliphatic carbocycles. The third-order valence-electron chi connectivity index (χ3n) is 6.16. The second-order valence-corrected chi connectivity index (χ2v) is 12.4. The van der Waals surface area contributed by atoms with Crippen LogP contribution in [0.2, 0.25) is 0 Å². The van der Waals surface area contributed by atoms with E-state index in [0.717, 1.165) is 37.5 Å². The highest BCUT2D eigenvalue weighted by atomic mass is 32.2. The third kappa shape index (κ3) is 5.39. The second-order valence-electron chi connectivity index (χ2n) is 8.45. The maximum atomic E-state index is 13.1. The van der Waals surface area contributed by atoms with Gasteiger partial charge in [0.25, 0.3) is 5.91 Å². The summed E-state index contributed by atoms with van der Waals surface area (Å²) >= 11 is 0. The van der Waals surface area contributed by atoms with Crippen molar-refractivity contribution in [2.75, 3.05) is 39.0 Å². The molecule has 0 aromatic heterocycles. The molecule has 10 heteroatoms. The van der Waals surface area contributed by atoms with Crippen LogP contribution < -0.4 is 4.74 Å². The molecule has 33 heavy (non-hydrogen) atoms. The number of carbonyl (C=O) groups excluding carboxylic acids is 1. The van der Waals surface area contributed by atoms with Gasteiger partial charge in [-0.25, -0.2) is 16.8 Å². The van der Waals surface area contributed by atoms with Crippen molar-refractivity contribution in [3.8, 4) is 5.75 Å². The fraction of sp³-hybridized carbons (Fsp3) is 0.435. The van der Waals surface area contributed by atoms with Crippen LogP contribution in [0.15, 0.2) is 52.3 Å². The van der Waals surface area contributed by atoms with E-state index in [2.05, 4.69) is 0 Å². The van der Waals surface area contributed by atoms with Crippen molar-refractivity contribution < 1.29 is 26.4 Å². The van der Waals surface area contributed by atoms with Gasteiger partial charge in [0.05, 0.1) is 9.79 Å². The number of hydrogen-bond acceptors (Lipinski definition) is 6. The minimum atomic E-state index is -3.60. The summed E-state index contributed by atoms with van der Waals surface area (Å²) in [6, 6.07) is 11.3. The number of rotatable bonds is 6. The van der Waals surface area contributed by atoms with Gasteiger partial charge in [-0.3, -0.25) is 4.79 Å². The molecule has 0 atom stereocenters. The molecule has 1 fully saturated rings. The van der Waals surface area contributed by atoms with Crippen molar-refractivity contribution in [3.05, 3.63) is 53.6 Å². The summed E-state index contributed by atoms with van der Waals surface area (Å²) in [5.74, 6) is 0.150. The normalized spacial score (nSPS) is 17.4. The number of sulfone groups is 1. The largest absolute Gasteiger partial charge is 0.484 e. The Morgan fingerprint density at radius 1 is 0.848 bits per heavy atom. The van der Waals surface area contributed by atoms with Crippen LogP contribution in [0, 0.1) is 0 Å². The molecule has 1 amide bonds. The number of nitrogens with zero attached hydrogens (tertiary/aromatic N) is 2. The molecule has 0 bridgehead atoms. The van der Waals surface area contributed by atoms with E-state index in [1.165, 1.54) is 34.1 Å². The molecule has 0 spiro atoms. The molecule has 1 aliphatic heterocycles. The first kappa shape index (κ1) is 23.7. The molecular weight excluding hydrogens is 464 g/mol. The minimum absolute atomic E-state index is 0.178. The Hall–Kier alpha value is -2.43. The number of carbonyl (C=O) groups is 1. The maximum Gasteiger partial charge on any atom is 0.260 e. The van der Waals surface area contributed by atoms with E-state index < -0.39 is 19.9 Å². The highest BCUT2D eigenvalue weighted by molar-refractivity contribution is 7.90. The van der Waals surface area contributed by atoms with E-state index >= 15 is 0 Å². The first-order valence-electron chi connectivity index (χ1n) is 11.0. The molecule has 1 heterocycles. The molecule has 0 unspecified atom stereocenters. The van der Waals surface area contributed by atoms with Crippen LogP contribution >= 0.6 is 0 Å². The van der Waals surface area contributed by atoms with Gasteiger partial charge >= 0.3 is 0 Å². The Morgan fingerprint density at radius 2 is 1.45 bits per heavy atom. The van der Waals surface area contributed by atoms with Crippen LogP contribution in [-0.2, 0) is 37.5 Å². The van der Waals surface area contributed by atoms with Crippen molar-refractivity contribution in [2.45, 2.75) is 35.5 Å². The van der Waals surface area contributed by atoms with Gasteiger partial charge in [0.1, 0.15) is 5.75 Å². The molecule has 4 rings (SSSR count). The third-order valence-corrected chi connectivity index (χ3v) is 9.19. The van der Waals surface area contributed by atoms with Crippen LogP contribution in [0.1, 0.15) is 24.0 Å². The molecule has 2 aliphatic rings. The molecule has 0 radical (unpaired) electrons. The van der Waals surface area contributed by atoms with Crippen LogP contribution in [-0.4, -0.2) is 71.0 Å². The average Bonchev–Trinajstić information content (AvgIpc) is 2.82. The summed E-state index contributed by atoms with van der Waals surface area (Å²) in [7, 11) is -6.90. The number of amides is 1. The van der Waals surface area contributed by atoms with Crippen molar-refractivity contribution in [3.63, 3.8) is 0 Å². The van der Waals surface area contributed by atoms with Crippen LogP contribution in [0.25, 0.3) is 0 Å². The van der Waals surface area contributed by atoms with Gasteiger partial charge in [0.2, 0.25) is 10.0 Å². The highest BCUT2D eigenvalue weighted by Crippen LogP contribution is 2.26. The van der Waals surface area contributed by atoms with Gasteiger partial charge in [0.15, 0.2) is 16.4 Å². The Kier molecular flexibility index (Phi) is 6.78. The summed E-state index contributed by atoms with van der Waals surface area (Å²) in [5.41, 5.74) is 2.36. The predicted octanol–water partition coefficient (Wildman–Crippen LogP) is 1.88. The summed E-state index contributed by atoms with van der Waals surface area (Å²) in [4.78, 5) is 14.6. The Balaban J connectivity index is 1.32. The number of fused-ring (bicyclic) bond motifs is 1. The Bertz CT molecular complexity index is 1230. The zero-order valence-electron chi connectivity index (χ0n) is 18.6. The van der Waals surface area contributed by atoms with Gasteiger partial charge < -0.3 is 9.64 Å². The van der Waals surface area contributed by atoms with Gasteiger partial charge in [-0.2, -0.15) is 4.31 Å². The van der Waals surface area contributed by atoms with Gasteiger partial charge in [-0.05, 0) is 73.2 Å². The number of benzene rings is 2. The van der Waals surface area contributed by atoms with Crippen LogP contribution in [0.4, 0.5) is 0 Å². The van der Waals surface area contributed by atoms with E-state index in [1.807, 2.05) is 12.1 Å². The summed E-state index contributed by atoms with van der Waals surface area (Å²) in [6.45, 7) is 0.844. The molecule has 0 saturated carbocycles. The van der Waals surface area contributed by atoms with E-state index in [1.54, 1.807) is 11.0 Å². The molecule has 8 nitrogen and oxygen atoms in total. The monoisotopic (exact) mass is 492 g/mol. The zero-order valence-corrected chi connectivity index (χ0v) is 20.2. The first-order chi connectivity index (χ1) is 15.6. The maximum absolute atomic E-state index is 13.1. The number of hydrogen-bond donors (Lipinski definition) is 0. The molecule has 0 N–H and O–H groups in total. The quantitative estimate of drug-likeness (QED) is 0.610. The lowest BCUT2D eigenvalue weighted by molar-refractivity contribution is -0.134. The van der Waals surface area contributed by atoms with Crippen molar-refractivity contribution in [1.82, 2.24) is 9.21 Å². The number of piperazine rings is 1. The van der Waals surface area contributed by atoms with Gasteiger partial charge in [0, 0.05) is 32.4 Å². The predicted molar refractivity (Wildman–Crippen MR) is 123 cm³/mol. The number of aryl methyl sites for hydroxylation is 2.